The Balaban J connectivity index is 1.47. The Bertz CT molecular complexity index is 675. The van der Waals surface area contributed by atoms with E-state index < -0.39 is 11.2 Å². The van der Waals surface area contributed by atoms with Gasteiger partial charge in [0.25, 0.3) is 0 Å². The van der Waals surface area contributed by atoms with Gasteiger partial charge in [-0.05, 0) is 53.5 Å². The van der Waals surface area contributed by atoms with E-state index in [1.807, 2.05) is 48.5 Å². The van der Waals surface area contributed by atoms with Crippen LogP contribution in [-0.2, 0) is 22.4 Å². The van der Waals surface area contributed by atoms with E-state index in [1.54, 1.807) is 0 Å². The summed E-state index contributed by atoms with van der Waals surface area (Å²) >= 11 is -0.975. The summed E-state index contributed by atoms with van der Waals surface area (Å²) in [4.78, 5) is 12.2. The number of ether oxygens (including phenoxy) is 1. The molecule has 1 N–H and O–H groups in total. The van der Waals surface area contributed by atoms with Crippen LogP contribution in [0.15, 0.2) is 53.4 Å². The van der Waals surface area contributed by atoms with Crippen molar-refractivity contribution in [3.05, 3.63) is 54.1 Å². The molecule has 0 aromatic heterocycles. The molecule has 0 spiro atoms. The molecule has 1 aliphatic heterocycles. The molecule has 3 rings (SSSR count). The smallest absolute Gasteiger partial charge is 0.224 e. The fraction of sp³-hybridized carbons (Fsp3) is 0.278. The van der Waals surface area contributed by atoms with Gasteiger partial charge in [-0.3, -0.25) is 4.79 Å². The van der Waals surface area contributed by atoms with Gasteiger partial charge >= 0.3 is 0 Å². The Hall–Kier alpha value is -1.98. The summed E-state index contributed by atoms with van der Waals surface area (Å²) in [5.41, 5.74) is 1.98. The Labute approximate surface area is 139 Å². The molecule has 1 aliphatic rings. The molecular formula is C18H19NO3S. The molecule has 1 atom stereocenters. The van der Waals surface area contributed by atoms with E-state index in [4.69, 9.17) is 4.74 Å². The predicted octanol–water partition coefficient (Wildman–Crippen LogP) is 3.15. The van der Waals surface area contributed by atoms with E-state index >= 15 is 0 Å². The second-order valence-electron chi connectivity index (χ2n) is 5.43. The Morgan fingerprint density at radius 1 is 1.13 bits per heavy atom. The molecule has 0 saturated heterocycles. The Morgan fingerprint density at radius 2 is 1.96 bits per heavy atom. The van der Waals surface area contributed by atoms with Crippen molar-refractivity contribution in [1.29, 1.82) is 0 Å². The molecule has 2 aromatic rings. The SMILES string of the molecule is O=C1CCc2cc(OCCC[S+]([O-])c3ccccc3)ccc2N1. The first-order valence-corrected chi connectivity index (χ1v) is 9.03. The van der Waals surface area contributed by atoms with Crippen molar-refractivity contribution in [3.8, 4) is 5.75 Å². The minimum absolute atomic E-state index is 0.0644. The molecule has 1 amide bonds. The highest BCUT2D eigenvalue weighted by Crippen LogP contribution is 2.26. The van der Waals surface area contributed by atoms with E-state index in [1.165, 1.54) is 0 Å². The van der Waals surface area contributed by atoms with Crippen LogP contribution in [0, 0.1) is 0 Å². The number of amides is 1. The number of carbonyl (C=O) groups is 1. The van der Waals surface area contributed by atoms with Crippen LogP contribution in [0.2, 0.25) is 0 Å². The molecule has 120 valence electrons. The molecule has 4 nitrogen and oxygen atoms in total. The normalized spacial score (nSPS) is 14.7. The zero-order valence-electron chi connectivity index (χ0n) is 12.8. The topological polar surface area (TPSA) is 61.4 Å². The van der Waals surface area contributed by atoms with Crippen molar-refractivity contribution in [2.75, 3.05) is 17.7 Å². The number of nitrogens with one attached hydrogen (secondary N) is 1. The molecule has 0 aliphatic carbocycles. The molecule has 0 bridgehead atoms. The van der Waals surface area contributed by atoms with Gasteiger partial charge in [-0.1, -0.05) is 18.2 Å². The van der Waals surface area contributed by atoms with Crippen LogP contribution in [0.5, 0.6) is 5.75 Å². The molecule has 0 fully saturated rings. The fourth-order valence-electron chi connectivity index (χ4n) is 2.52. The van der Waals surface area contributed by atoms with Crippen molar-refractivity contribution < 1.29 is 14.1 Å². The third kappa shape index (κ3) is 4.27. The number of carbonyl (C=O) groups excluding carboxylic acids is 1. The zero-order chi connectivity index (χ0) is 16.1. The highest BCUT2D eigenvalue weighted by molar-refractivity contribution is 7.91. The minimum atomic E-state index is -0.975. The summed E-state index contributed by atoms with van der Waals surface area (Å²) in [7, 11) is 0. The number of anilines is 1. The van der Waals surface area contributed by atoms with Crippen molar-refractivity contribution in [1.82, 2.24) is 0 Å². The van der Waals surface area contributed by atoms with Crippen LogP contribution in [0.3, 0.4) is 0 Å². The molecule has 1 unspecified atom stereocenters. The summed E-state index contributed by atoms with van der Waals surface area (Å²) in [6.07, 6.45) is 2.00. The summed E-state index contributed by atoms with van der Waals surface area (Å²) < 4.78 is 17.8. The van der Waals surface area contributed by atoms with Gasteiger partial charge in [0.05, 0.1) is 6.61 Å². The maximum Gasteiger partial charge on any atom is 0.224 e. The molecule has 0 radical (unpaired) electrons. The number of rotatable bonds is 6. The lowest BCUT2D eigenvalue weighted by Crippen LogP contribution is -2.18. The van der Waals surface area contributed by atoms with Crippen LogP contribution in [0.4, 0.5) is 5.69 Å². The maximum atomic E-state index is 12.1. The molecule has 1 heterocycles. The lowest BCUT2D eigenvalue weighted by Gasteiger charge is -2.17. The summed E-state index contributed by atoms with van der Waals surface area (Å²) in [6.45, 7) is 0.531. The van der Waals surface area contributed by atoms with Crippen molar-refractivity contribution in [2.24, 2.45) is 0 Å². The van der Waals surface area contributed by atoms with Crippen molar-refractivity contribution >= 4 is 22.8 Å². The molecule has 2 aromatic carbocycles. The minimum Gasteiger partial charge on any atom is -0.611 e. The maximum absolute atomic E-state index is 12.1. The molecular weight excluding hydrogens is 310 g/mol. The second-order valence-corrected chi connectivity index (χ2v) is 7.00. The quantitative estimate of drug-likeness (QED) is 0.654. The van der Waals surface area contributed by atoms with E-state index in [0.29, 0.717) is 18.8 Å². The first-order valence-electron chi connectivity index (χ1n) is 7.71. The van der Waals surface area contributed by atoms with Crippen LogP contribution in [-0.4, -0.2) is 22.8 Å². The Kier molecular flexibility index (Phi) is 5.20. The largest absolute Gasteiger partial charge is 0.611 e. The van der Waals surface area contributed by atoms with E-state index in [2.05, 4.69) is 5.32 Å². The van der Waals surface area contributed by atoms with Crippen molar-refractivity contribution in [2.45, 2.75) is 24.2 Å². The number of aryl methyl sites for hydroxylation is 1. The Morgan fingerprint density at radius 3 is 2.78 bits per heavy atom. The third-order valence-electron chi connectivity index (χ3n) is 3.72. The number of hydrogen-bond donors (Lipinski definition) is 1. The van der Waals surface area contributed by atoms with Crippen LogP contribution in [0.1, 0.15) is 18.4 Å². The predicted molar refractivity (Wildman–Crippen MR) is 91.2 cm³/mol. The summed E-state index contributed by atoms with van der Waals surface area (Å²) in [5, 5.41) is 2.85. The number of fused-ring (bicyclic) bond motifs is 1. The van der Waals surface area contributed by atoms with Crippen LogP contribution in [0.25, 0.3) is 0 Å². The summed E-state index contributed by atoms with van der Waals surface area (Å²) in [5.74, 6) is 1.45. The van der Waals surface area contributed by atoms with Gasteiger partial charge < -0.3 is 14.6 Å². The lowest BCUT2D eigenvalue weighted by atomic mass is 10.0. The number of benzene rings is 2. The van der Waals surface area contributed by atoms with Gasteiger partial charge in [0, 0.05) is 18.5 Å². The van der Waals surface area contributed by atoms with E-state index in [0.717, 1.165) is 34.7 Å². The molecule has 0 saturated carbocycles. The lowest BCUT2D eigenvalue weighted by molar-refractivity contribution is -0.116. The van der Waals surface area contributed by atoms with Gasteiger partial charge in [-0.15, -0.1) is 0 Å². The zero-order valence-corrected chi connectivity index (χ0v) is 13.6. The third-order valence-corrected chi connectivity index (χ3v) is 5.18. The highest BCUT2D eigenvalue weighted by Gasteiger charge is 2.15. The molecule has 5 heteroatoms. The van der Waals surface area contributed by atoms with Gasteiger partial charge in [-0.2, -0.15) is 0 Å². The summed E-state index contributed by atoms with van der Waals surface area (Å²) in [6, 6.07) is 15.2. The standard InChI is InChI=1S/C18H19NO3S/c20-18-10-7-14-13-15(8-9-17(14)19-18)22-11-4-12-23(21)16-5-2-1-3-6-16/h1-3,5-6,8-9,13H,4,7,10-12H2,(H,19,20). The fourth-order valence-corrected chi connectivity index (χ4v) is 3.60. The van der Waals surface area contributed by atoms with E-state index in [9.17, 15) is 9.35 Å². The van der Waals surface area contributed by atoms with Gasteiger partial charge in [0.1, 0.15) is 11.5 Å². The first kappa shape index (κ1) is 15.9. The van der Waals surface area contributed by atoms with Gasteiger partial charge in [0.15, 0.2) is 4.90 Å². The highest BCUT2D eigenvalue weighted by atomic mass is 32.2. The van der Waals surface area contributed by atoms with E-state index in [-0.39, 0.29) is 5.91 Å². The monoisotopic (exact) mass is 329 g/mol. The average molecular weight is 329 g/mol. The van der Waals surface area contributed by atoms with Gasteiger partial charge in [-0.25, -0.2) is 0 Å². The van der Waals surface area contributed by atoms with Gasteiger partial charge in [0.2, 0.25) is 5.91 Å². The first-order chi connectivity index (χ1) is 11.2. The number of hydrogen-bond acceptors (Lipinski definition) is 3. The average Bonchev–Trinajstić information content (AvgIpc) is 2.59. The second kappa shape index (κ2) is 7.53. The van der Waals surface area contributed by atoms with Crippen molar-refractivity contribution in [3.63, 3.8) is 0 Å². The van der Waals surface area contributed by atoms with Crippen LogP contribution >= 0.6 is 0 Å². The molecule has 23 heavy (non-hydrogen) atoms. The van der Waals surface area contributed by atoms with Crippen LogP contribution < -0.4 is 10.1 Å².